The van der Waals surface area contributed by atoms with Crippen molar-refractivity contribution in [2.75, 3.05) is 13.1 Å². The van der Waals surface area contributed by atoms with E-state index >= 15 is 0 Å². The molecule has 164 valence electrons. The number of thiazole rings is 1. The maximum atomic E-state index is 12.8. The minimum Gasteiger partial charge on any atom is -0.501 e. The van der Waals surface area contributed by atoms with Crippen LogP contribution in [0.25, 0.3) is 16.5 Å². The van der Waals surface area contributed by atoms with E-state index in [1.165, 1.54) is 21.9 Å². The van der Waals surface area contributed by atoms with Gasteiger partial charge in [-0.1, -0.05) is 30.3 Å². The predicted molar refractivity (Wildman–Crippen MR) is 122 cm³/mol. The van der Waals surface area contributed by atoms with E-state index in [9.17, 15) is 14.7 Å². The lowest BCUT2D eigenvalue weighted by molar-refractivity contribution is -0.132. The van der Waals surface area contributed by atoms with Gasteiger partial charge in [-0.15, -0.1) is 11.3 Å². The van der Waals surface area contributed by atoms with Crippen LogP contribution in [0, 0.1) is 0 Å². The topological polar surface area (TPSA) is 92.7 Å². The highest BCUT2D eigenvalue weighted by Gasteiger charge is 2.21. The smallest absolute Gasteiger partial charge is 0.302 e. The molecule has 0 saturated carbocycles. The molecule has 1 N–H and O–H groups in total. The van der Waals surface area contributed by atoms with Crippen LogP contribution in [0.5, 0.6) is 5.75 Å². The number of aromatic hydroxyl groups is 1. The van der Waals surface area contributed by atoms with Crippen molar-refractivity contribution in [3.8, 4) is 16.5 Å². The lowest BCUT2D eigenvalue weighted by Crippen LogP contribution is -2.37. The van der Waals surface area contributed by atoms with Gasteiger partial charge >= 0.3 is 5.56 Å². The first-order chi connectivity index (χ1) is 15.6. The summed E-state index contributed by atoms with van der Waals surface area (Å²) in [5, 5.41) is 11.0. The van der Waals surface area contributed by atoms with Crippen molar-refractivity contribution in [2.45, 2.75) is 32.2 Å². The van der Waals surface area contributed by atoms with E-state index in [4.69, 9.17) is 0 Å². The summed E-state index contributed by atoms with van der Waals surface area (Å²) in [5.74, 6) is -0.123. The Kier molecular flexibility index (Phi) is 5.48. The van der Waals surface area contributed by atoms with Gasteiger partial charge < -0.3 is 14.6 Å². The number of carbonyl (C=O) groups is 1. The average molecular weight is 450 g/mol. The van der Waals surface area contributed by atoms with Gasteiger partial charge in [0.05, 0.1) is 0 Å². The Morgan fingerprint density at radius 2 is 1.88 bits per heavy atom. The number of amides is 1. The molecule has 1 saturated heterocycles. The monoisotopic (exact) mass is 449 g/mol. The van der Waals surface area contributed by atoms with Crippen molar-refractivity contribution in [3.05, 3.63) is 69.7 Å². The minimum absolute atomic E-state index is 0.00562. The third kappa shape index (κ3) is 3.91. The summed E-state index contributed by atoms with van der Waals surface area (Å²) < 4.78 is 2.92. The maximum Gasteiger partial charge on any atom is 0.302 e. The third-order valence-corrected chi connectivity index (χ3v) is 6.72. The molecule has 0 unspecified atom stereocenters. The summed E-state index contributed by atoms with van der Waals surface area (Å²) in [6, 6.07) is 10.0. The summed E-state index contributed by atoms with van der Waals surface area (Å²) in [6.07, 6.45) is 8.82. The van der Waals surface area contributed by atoms with Crippen molar-refractivity contribution >= 4 is 23.0 Å². The van der Waals surface area contributed by atoms with Crippen molar-refractivity contribution in [3.63, 3.8) is 0 Å². The van der Waals surface area contributed by atoms with Crippen LogP contribution >= 0.6 is 11.3 Å². The Morgan fingerprint density at radius 1 is 1.09 bits per heavy atom. The van der Waals surface area contributed by atoms with Gasteiger partial charge in [-0.25, -0.2) is 14.4 Å². The molecule has 32 heavy (non-hydrogen) atoms. The van der Waals surface area contributed by atoms with E-state index in [0.717, 1.165) is 42.8 Å². The molecule has 1 aliphatic heterocycles. The molecule has 8 nitrogen and oxygen atoms in total. The minimum atomic E-state index is -0.575. The van der Waals surface area contributed by atoms with E-state index in [1.807, 2.05) is 35.2 Å². The van der Waals surface area contributed by atoms with Gasteiger partial charge in [0.1, 0.15) is 11.6 Å². The van der Waals surface area contributed by atoms with Gasteiger partial charge in [0.2, 0.25) is 17.4 Å². The van der Waals surface area contributed by atoms with Gasteiger partial charge in [0.25, 0.3) is 0 Å². The standard InChI is InChI=1S/C23H23N5O3S/c29-18(26-9-5-2-6-10-26)15-27-11-12-28-22(31)20(30)19(25-23(27)28)21-24-14-17(32-21)13-16-7-3-1-4-8-16/h1,3-4,7-8,11-12,14,30H,2,5-6,9-10,13,15H2. The number of nitrogens with zero attached hydrogens (tertiary/aromatic N) is 5. The van der Waals surface area contributed by atoms with Crippen LogP contribution in [0.2, 0.25) is 0 Å². The Labute approximate surface area is 188 Å². The number of benzene rings is 1. The zero-order valence-corrected chi connectivity index (χ0v) is 18.3. The zero-order chi connectivity index (χ0) is 22.1. The van der Waals surface area contributed by atoms with E-state index in [2.05, 4.69) is 9.97 Å². The molecule has 1 amide bonds. The fourth-order valence-corrected chi connectivity index (χ4v) is 4.96. The van der Waals surface area contributed by atoms with Gasteiger partial charge in [0.15, 0.2) is 5.69 Å². The van der Waals surface area contributed by atoms with Gasteiger partial charge in [-0.3, -0.25) is 9.59 Å². The van der Waals surface area contributed by atoms with Crippen LogP contribution in [0.15, 0.2) is 53.7 Å². The van der Waals surface area contributed by atoms with Crippen LogP contribution in [0.4, 0.5) is 0 Å². The molecular formula is C23H23N5O3S. The second-order valence-electron chi connectivity index (χ2n) is 7.95. The number of aromatic nitrogens is 4. The highest BCUT2D eigenvalue weighted by molar-refractivity contribution is 7.15. The first-order valence-corrected chi connectivity index (χ1v) is 11.5. The van der Waals surface area contributed by atoms with Crippen molar-refractivity contribution < 1.29 is 9.90 Å². The quantitative estimate of drug-likeness (QED) is 0.506. The normalized spacial score (nSPS) is 14.2. The summed E-state index contributed by atoms with van der Waals surface area (Å²) in [4.78, 5) is 37.3. The molecular weight excluding hydrogens is 426 g/mol. The highest BCUT2D eigenvalue weighted by Crippen LogP contribution is 2.30. The zero-order valence-electron chi connectivity index (χ0n) is 17.5. The Balaban J connectivity index is 1.46. The molecule has 0 aliphatic carbocycles. The van der Waals surface area contributed by atoms with Crippen LogP contribution in [-0.2, 0) is 17.8 Å². The van der Waals surface area contributed by atoms with Crippen LogP contribution < -0.4 is 5.56 Å². The molecule has 0 spiro atoms. The summed E-state index contributed by atoms with van der Waals surface area (Å²) in [7, 11) is 0. The number of fused-ring (bicyclic) bond motifs is 1. The predicted octanol–water partition coefficient (Wildman–Crippen LogP) is 2.93. The Bertz CT molecular complexity index is 1320. The first kappa shape index (κ1) is 20.4. The maximum absolute atomic E-state index is 12.8. The van der Waals surface area contributed by atoms with E-state index in [1.54, 1.807) is 17.0 Å². The summed E-state index contributed by atoms with van der Waals surface area (Å²) >= 11 is 1.39. The van der Waals surface area contributed by atoms with Crippen molar-refractivity contribution in [2.24, 2.45) is 0 Å². The van der Waals surface area contributed by atoms with Crippen LogP contribution in [-0.4, -0.2) is 47.9 Å². The van der Waals surface area contributed by atoms with Crippen molar-refractivity contribution in [1.29, 1.82) is 0 Å². The molecule has 1 aliphatic rings. The number of imidazole rings is 1. The second-order valence-corrected chi connectivity index (χ2v) is 9.06. The van der Waals surface area contributed by atoms with Gasteiger partial charge in [0, 0.05) is 43.0 Å². The molecule has 4 aromatic rings. The average Bonchev–Trinajstić information content (AvgIpc) is 3.44. The Hall–Kier alpha value is -3.46. The largest absolute Gasteiger partial charge is 0.501 e. The second kappa shape index (κ2) is 8.58. The Morgan fingerprint density at radius 3 is 2.66 bits per heavy atom. The number of hydrogen-bond donors (Lipinski definition) is 1. The van der Waals surface area contributed by atoms with Crippen molar-refractivity contribution in [1.82, 2.24) is 23.8 Å². The lowest BCUT2D eigenvalue weighted by atomic mass is 10.1. The number of piperidine rings is 1. The van der Waals surface area contributed by atoms with Gasteiger partial charge in [-0.2, -0.15) is 0 Å². The van der Waals surface area contributed by atoms with E-state index < -0.39 is 11.3 Å². The SMILES string of the molecule is O=C(Cn1ccn2c(=O)c(O)c(-c3ncc(Cc4ccccc4)s3)nc12)N1CCCCC1. The number of likely N-dealkylation sites (tertiary alicyclic amines) is 1. The number of carbonyl (C=O) groups excluding carboxylic acids is 1. The number of hydrogen-bond acceptors (Lipinski definition) is 6. The fourth-order valence-electron chi connectivity index (χ4n) is 4.02. The summed E-state index contributed by atoms with van der Waals surface area (Å²) in [5.41, 5.74) is 0.721. The molecule has 0 bridgehead atoms. The lowest BCUT2D eigenvalue weighted by Gasteiger charge is -2.26. The molecule has 0 radical (unpaired) electrons. The molecule has 0 atom stereocenters. The summed E-state index contributed by atoms with van der Waals surface area (Å²) in [6.45, 7) is 1.63. The highest BCUT2D eigenvalue weighted by atomic mass is 32.1. The third-order valence-electron chi connectivity index (χ3n) is 5.72. The molecule has 3 aromatic heterocycles. The van der Waals surface area contributed by atoms with E-state index in [0.29, 0.717) is 17.2 Å². The van der Waals surface area contributed by atoms with E-state index in [-0.39, 0.29) is 18.1 Å². The fraction of sp³-hybridized carbons (Fsp3) is 0.304. The molecule has 1 aromatic carbocycles. The molecule has 1 fully saturated rings. The molecule has 4 heterocycles. The number of rotatable bonds is 5. The molecule has 5 rings (SSSR count). The molecule has 9 heteroatoms. The van der Waals surface area contributed by atoms with Crippen LogP contribution in [0.3, 0.4) is 0 Å². The van der Waals surface area contributed by atoms with Crippen LogP contribution in [0.1, 0.15) is 29.7 Å². The van der Waals surface area contributed by atoms with Gasteiger partial charge in [-0.05, 0) is 24.8 Å². The first-order valence-electron chi connectivity index (χ1n) is 10.7.